The molecule has 1 aromatic heterocycles. The van der Waals surface area contributed by atoms with Crippen LogP contribution < -0.4 is 4.57 Å². The Kier molecular flexibility index (Phi) is 6.60. The van der Waals surface area contributed by atoms with Crippen molar-refractivity contribution in [1.29, 1.82) is 0 Å². The fourth-order valence-electron chi connectivity index (χ4n) is 2.61. The first-order valence-corrected chi connectivity index (χ1v) is 7.40. The summed E-state index contributed by atoms with van der Waals surface area (Å²) in [5, 5.41) is 8.98. The number of hydrogen-bond donors (Lipinski definition) is 1. The van der Waals surface area contributed by atoms with E-state index in [-0.39, 0.29) is 6.54 Å². The molecule has 0 aliphatic carbocycles. The summed E-state index contributed by atoms with van der Waals surface area (Å²) in [5.74, 6) is 0.379. The number of unbranched alkanes of at least 4 members (excludes halogenated alkanes) is 4. The third kappa shape index (κ3) is 4.69. The van der Waals surface area contributed by atoms with Gasteiger partial charge in [0.1, 0.15) is 11.9 Å². The number of aliphatic carboxylic acids is 1. The van der Waals surface area contributed by atoms with E-state index in [0.29, 0.717) is 0 Å². The number of nitrogens with zero attached hydrogens (tertiary/aromatic N) is 2. The first kappa shape index (κ1) is 15.7. The Balaban J connectivity index is 2.69. The molecule has 0 fully saturated rings. The van der Waals surface area contributed by atoms with Gasteiger partial charge in [0.2, 0.25) is 0 Å². The van der Waals surface area contributed by atoms with Crippen LogP contribution in [0.5, 0.6) is 0 Å². The highest BCUT2D eigenvalue weighted by Crippen LogP contribution is 2.09. The Labute approximate surface area is 116 Å². The van der Waals surface area contributed by atoms with Crippen molar-refractivity contribution in [3.05, 3.63) is 17.7 Å². The zero-order valence-corrected chi connectivity index (χ0v) is 12.5. The van der Waals surface area contributed by atoms with Gasteiger partial charge in [-0.1, -0.05) is 32.6 Å². The van der Waals surface area contributed by atoms with Gasteiger partial charge in [-0.2, -0.15) is 0 Å². The molecular formula is C15H27N2O2+. The van der Waals surface area contributed by atoms with E-state index in [0.717, 1.165) is 30.9 Å². The van der Waals surface area contributed by atoms with Gasteiger partial charge in [-0.05, 0) is 13.3 Å². The molecule has 4 nitrogen and oxygen atoms in total. The molecule has 0 amide bonds. The molecule has 1 N–H and O–H groups in total. The smallest absolute Gasteiger partial charge is 0.346 e. The Morgan fingerprint density at radius 3 is 2.53 bits per heavy atom. The molecule has 1 heterocycles. The van der Waals surface area contributed by atoms with E-state index in [4.69, 9.17) is 5.11 Å². The molecule has 1 rings (SSSR count). The third-order valence-corrected chi connectivity index (χ3v) is 3.54. The summed E-state index contributed by atoms with van der Waals surface area (Å²) >= 11 is 0. The van der Waals surface area contributed by atoms with Crippen LogP contribution in [-0.4, -0.2) is 15.6 Å². The van der Waals surface area contributed by atoms with E-state index in [1.54, 1.807) is 0 Å². The van der Waals surface area contributed by atoms with Gasteiger partial charge in [0.15, 0.2) is 6.54 Å². The van der Waals surface area contributed by atoms with Crippen LogP contribution in [0.1, 0.15) is 57.5 Å². The molecule has 0 saturated heterocycles. The molecule has 0 radical (unpaired) electrons. The monoisotopic (exact) mass is 267 g/mol. The van der Waals surface area contributed by atoms with Gasteiger partial charge < -0.3 is 5.11 Å². The molecule has 0 saturated carbocycles. The highest BCUT2D eigenvalue weighted by atomic mass is 16.4. The van der Waals surface area contributed by atoms with Gasteiger partial charge in [0.25, 0.3) is 5.82 Å². The predicted octanol–water partition coefficient (Wildman–Crippen LogP) is 2.70. The van der Waals surface area contributed by atoms with E-state index in [9.17, 15) is 4.79 Å². The van der Waals surface area contributed by atoms with Crippen LogP contribution in [0.15, 0.2) is 6.20 Å². The maximum absolute atomic E-state index is 10.9. The van der Waals surface area contributed by atoms with Crippen LogP contribution in [-0.2, 0) is 24.3 Å². The number of aromatic nitrogens is 2. The second-order valence-corrected chi connectivity index (χ2v) is 5.12. The van der Waals surface area contributed by atoms with Crippen molar-refractivity contribution in [1.82, 2.24) is 4.57 Å². The van der Waals surface area contributed by atoms with E-state index < -0.39 is 5.97 Å². The topological polar surface area (TPSA) is 46.1 Å². The molecule has 0 aromatic carbocycles. The van der Waals surface area contributed by atoms with Crippen LogP contribution in [0.4, 0.5) is 0 Å². The highest BCUT2D eigenvalue weighted by molar-refractivity contribution is 5.64. The lowest BCUT2D eigenvalue weighted by Gasteiger charge is -2.03. The number of imidazole rings is 1. The van der Waals surface area contributed by atoms with E-state index >= 15 is 0 Å². The molecule has 0 spiro atoms. The lowest BCUT2D eigenvalue weighted by Crippen LogP contribution is -2.40. The molecule has 0 bridgehead atoms. The van der Waals surface area contributed by atoms with Crippen molar-refractivity contribution in [3.8, 4) is 0 Å². The fraction of sp³-hybridized carbons (Fsp3) is 0.733. The lowest BCUT2D eigenvalue weighted by molar-refractivity contribution is -0.693. The molecular weight excluding hydrogens is 240 g/mol. The number of carboxylic acids is 1. The van der Waals surface area contributed by atoms with Crippen molar-refractivity contribution in [3.63, 3.8) is 0 Å². The second-order valence-electron chi connectivity index (χ2n) is 5.12. The minimum absolute atomic E-state index is 0.0676. The normalized spacial score (nSPS) is 10.9. The maximum atomic E-state index is 10.9. The van der Waals surface area contributed by atoms with E-state index in [1.165, 1.54) is 25.7 Å². The van der Waals surface area contributed by atoms with Crippen LogP contribution in [0.3, 0.4) is 0 Å². The summed E-state index contributed by atoms with van der Waals surface area (Å²) in [6.45, 7) is 7.34. The molecule has 4 heteroatoms. The summed E-state index contributed by atoms with van der Waals surface area (Å²) in [6.07, 6.45) is 9.13. The summed E-state index contributed by atoms with van der Waals surface area (Å²) in [7, 11) is 0. The fourth-order valence-corrected chi connectivity index (χ4v) is 2.61. The maximum Gasteiger partial charge on any atom is 0.346 e. The Hall–Kier alpha value is -1.32. The summed E-state index contributed by atoms with van der Waals surface area (Å²) in [6, 6.07) is 0. The summed E-state index contributed by atoms with van der Waals surface area (Å²) in [4.78, 5) is 10.9. The Morgan fingerprint density at radius 1 is 1.26 bits per heavy atom. The quantitative estimate of drug-likeness (QED) is 0.552. The minimum Gasteiger partial charge on any atom is -0.478 e. The zero-order chi connectivity index (χ0) is 14.3. The number of hydrogen-bond acceptors (Lipinski definition) is 1. The summed E-state index contributed by atoms with van der Waals surface area (Å²) in [5.41, 5.74) is 1.15. The van der Waals surface area contributed by atoms with Crippen molar-refractivity contribution >= 4 is 5.97 Å². The van der Waals surface area contributed by atoms with Crippen molar-refractivity contribution in [2.45, 2.75) is 72.4 Å². The Morgan fingerprint density at radius 2 is 1.95 bits per heavy atom. The van der Waals surface area contributed by atoms with Crippen molar-refractivity contribution < 1.29 is 14.5 Å². The van der Waals surface area contributed by atoms with Gasteiger partial charge in [-0.3, -0.25) is 0 Å². The van der Waals surface area contributed by atoms with Gasteiger partial charge in [0.05, 0.1) is 6.54 Å². The van der Waals surface area contributed by atoms with Crippen LogP contribution in [0.25, 0.3) is 0 Å². The van der Waals surface area contributed by atoms with Crippen LogP contribution in [0, 0.1) is 6.92 Å². The zero-order valence-electron chi connectivity index (χ0n) is 12.5. The largest absolute Gasteiger partial charge is 0.478 e. The lowest BCUT2D eigenvalue weighted by atomic mass is 10.1. The number of carboxylic acid groups (broad SMARTS) is 1. The van der Waals surface area contributed by atoms with Gasteiger partial charge in [-0.15, -0.1) is 0 Å². The molecule has 19 heavy (non-hydrogen) atoms. The third-order valence-electron chi connectivity index (χ3n) is 3.54. The van der Waals surface area contributed by atoms with Gasteiger partial charge >= 0.3 is 5.97 Å². The average Bonchev–Trinajstić information content (AvgIpc) is 2.64. The van der Waals surface area contributed by atoms with Crippen molar-refractivity contribution in [2.24, 2.45) is 0 Å². The molecule has 1 aromatic rings. The van der Waals surface area contributed by atoms with Gasteiger partial charge in [0, 0.05) is 13.3 Å². The van der Waals surface area contributed by atoms with Crippen LogP contribution >= 0.6 is 0 Å². The summed E-state index contributed by atoms with van der Waals surface area (Å²) < 4.78 is 4.11. The van der Waals surface area contributed by atoms with E-state index in [2.05, 4.69) is 18.4 Å². The molecule has 0 atom stereocenters. The van der Waals surface area contributed by atoms with Crippen molar-refractivity contribution in [2.75, 3.05) is 0 Å². The molecule has 0 unspecified atom stereocenters. The number of aryl methyl sites for hydroxylation is 1. The molecule has 0 aliphatic heterocycles. The van der Waals surface area contributed by atoms with Gasteiger partial charge in [-0.25, -0.2) is 13.9 Å². The SMILES string of the molecule is CCCCCCCc1n(CC)c(C)c[n+]1CC(=O)O. The highest BCUT2D eigenvalue weighted by Gasteiger charge is 2.20. The Bertz CT molecular complexity index is 411. The van der Waals surface area contributed by atoms with E-state index in [1.807, 2.05) is 17.7 Å². The average molecular weight is 267 g/mol. The standard InChI is InChI=1S/C15H26N2O2/c1-4-6-7-8-9-10-14-16(12-15(18)19)11-13(3)17(14)5-2/h11H,4-10,12H2,1-3H3/p+1. The first-order valence-electron chi connectivity index (χ1n) is 7.40. The minimum atomic E-state index is -0.773. The predicted molar refractivity (Wildman–Crippen MR) is 75.1 cm³/mol. The second kappa shape index (κ2) is 7.97. The van der Waals surface area contributed by atoms with Crippen LogP contribution in [0.2, 0.25) is 0 Å². The first-order chi connectivity index (χ1) is 9.10. The number of rotatable bonds is 9. The number of carbonyl (C=O) groups is 1. The molecule has 108 valence electrons. The molecule has 0 aliphatic rings.